The van der Waals surface area contributed by atoms with Crippen molar-refractivity contribution in [2.45, 2.75) is 30.7 Å². The van der Waals surface area contributed by atoms with Crippen molar-refractivity contribution in [3.8, 4) is 0 Å². The summed E-state index contributed by atoms with van der Waals surface area (Å²) >= 11 is 1.37. The van der Waals surface area contributed by atoms with E-state index in [9.17, 15) is 0 Å². The molecule has 0 saturated carbocycles. The minimum Gasteiger partial charge on any atom is -0.468 e. The second-order valence-corrected chi connectivity index (χ2v) is 5.05. The minimum atomic E-state index is 0.0270. The van der Waals surface area contributed by atoms with Crippen LogP contribution >= 0.6 is 11.8 Å². The molecule has 0 saturated heterocycles. The van der Waals surface area contributed by atoms with Crippen LogP contribution in [0.25, 0.3) is 0 Å². The molecule has 6 nitrogen and oxygen atoms in total. The van der Waals surface area contributed by atoms with E-state index in [4.69, 9.17) is 15.4 Å². The molecule has 0 spiro atoms. The summed E-state index contributed by atoms with van der Waals surface area (Å²) in [6.45, 7) is 5.55. The lowest BCUT2D eigenvalue weighted by Gasteiger charge is -2.10. The second-order valence-electron chi connectivity index (χ2n) is 4.02. The third-order valence-corrected chi connectivity index (χ3v) is 3.93. The summed E-state index contributed by atoms with van der Waals surface area (Å²) in [5, 5.41) is 20.7. The smallest absolute Gasteiger partial charge is 0.173 e. The SMILES string of the molecule is Cc1nnc(Sc2ccoc2C)c(/C(N)=N/O)c1C. The first-order chi connectivity index (χ1) is 9.04. The molecule has 0 atom stereocenters. The number of rotatable bonds is 3. The van der Waals surface area contributed by atoms with Crippen molar-refractivity contribution in [2.24, 2.45) is 10.9 Å². The zero-order chi connectivity index (χ0) is 14.0. The Morgan fingerprint density at radius 3 is 2.68 bits per heavy atom. The van der Waals surface area contributed by atoms with Gasteiger partial charge in [-0.25, -0.2) is 0 Å². The summed E-state index contributed by atoms with van der Waals surface area (Å²) in [5.74, 6) is 0.814. The van der Waals surface area contributed by atoms with Crippen molar-refractivity contribution < 1.29 is 9.62 Å². The lowest BCUT2D eigenvalue weighted by atomic mass is 10.1. The van der Waals surface area contributed by atoms with Crippen LogP contribution in [0.2, 0.25) is 0 Å². The van der Waals surface area contributed by atoms with E-state index < -0.39 is 0 Å². The largest absolute Gasteiger partial charge is 0.468 e. The fraction of sp³-hybridized carbons (Fsp3) is 0.250. The Morgan fingerprint density at radius 1 is 1.37 bits per heavy atom. The molecule has 0 aromatic carbocycles. The number of amidine groups is 1. The normalized spacial score (nSPS) is 11.8. The minimum absolute atomic E-state index is 0.0270. The number of hydrogen-bond acceptors (Lipinski definition) is 6. The second kappa shape index (κ2) is 5.31. The van der Waals surface area contributed by atoms with Gasteiger partial charge in [0.25, 0.3) is 0 Å². The fourth-order valence-corrected chi connectivity index (χ4v) is 2.56. The molecule has 0 radical (unpaired) electrons. The highest BCUT2D eigenvalue weighted by Gasteiger charge is 2.17. The molecular weight excluding hydrogens is 264 g/mol. The third kappa shape index (κ3) is 2.55. The highest BCUT2D eigenvalue weighted by atomic mass is 32.2. The number of nitrogens with two attached hydrogens (primary N) is 1. The molecule has 0 aliphatic heterocycles. The van der Waals surface area contributed by atoms with Gasteiger partial charge in [0.15, 0.2) is 5.84 Å². The van der Waals surface area contributed by atoms with E-state index in [2.05, 4.69) is 15.4 Å². The number of hydrogen-bond donors (Lipinski definition) is 2. The van der Waals surface area contributed by atoms with E-state index in [1.807, 2.05) is 26.8 Å². The van der Waals surface area contributed by atoms with Gasteiger partial charge in [-0.1, -0.05) is 16.9 Å². The summed E-state index contributed by atoms with van der Waals surface area (Å²) in [4.78, 5) is 0.921. The Balaban J connectivity index is 2.52. The first kappa shape index (κ1) is 13.4. The van der Waals surface area contributed by atoms with Gasteiger partial charge in [0.1, 0.15) is 10.8 Å². The van der Waals surface area contributed by atoms with Gasteiger partial charge in [-0.05, 0) is 32.4 Å². The average Bonchev–Trinajstić information content (AvgIpc) is 2.79. The predicted octanol–water partition coefficient (Wildman–Crippen LogP) is 2.24. The first-order valence-electron chi connectivity index (χ1n) is 5.58. The Labute approximate surface area is 114 Å². The van der Waals surface area contributed by atoms with E-state index in [1.165, 1.54) is 11.8 Å². The maximum absolute atomic E-state index is 8.90. The van der Waals surface area contributed by atoms with Gasteiger partial charge < -0.3 is 15.4 Å². The van der Waals surface area contributed by atoms with Gasteiger partial charge in [-0.15, -0.1) is 5.10 Å². The summed E-state index contributed by atoms with van der Waals surface area (Å²) in [5.41, 5.74) is 7.91. The molecule has 2 aromatic heterocycles. The van der Waals surface area contributed by atoms with E-state index in [0.717, 1.165) is 21.9 Å². The van der Waals surface area contributed by atoms with Gasteiger partial charge in [-0.2, -0.15) is 5.10 Å². The standard InChI is InChI=1S/C12H14N4O2S/c1-6-7(2)14-15-12(10(6)11(13)16-17)19-9-4-5-18-8(9)3/h4-5,17H,1-3H3,(H2,13,16). The molecule has 0 bridgehead atoms. The summed E-state index contributed by atoms with van der Waals surface area (Å²) in [6.07, 6.45) is 1.61. The van der Waals surface area contributed by atoms with E-state index in [1.54, 1.807) is 6.26 Å². The Bertz CT molecular complexity index is 637. The highest BCUT2D eigenvalue weighted by Crippen LogP contribution is 2.32. The van der Waals surface area contributed by atoms with Gasteiger partial charge >= 0.3 is 0 Å². The van der Waals surface area contributed by atoms with Gasteiger partial charge in [-0.3, -0.25) is 0 Å². The van der Waals surface area contributed by atoms with Crippen molar-refractivity contribution in [2.75, 3.05) is 0 Å². The molecular formula is C12H14N4O2S. The van der Waals surface area contributed by atoms with E-state index in [-0.39, 0.29) is 5.84 Å². The molecule has 0 fully saturated rings. The van der Waals surface area contributed by atoms with Gasteiger partial charge in [0.2, 0.25) is 0 Å². The third-order valence-electron chi connectivity index (χ3n) is 2.80. The molecule has 3 N–H and O–H groups in total. The monoisotopic (exact) mass is 278 g/mol. The van der Waals surface area contributed by atoms with Crippen molar-refractivity contribution in [1.29, 1.82) is 0 Å². The Morgan fingerprint density at radius 2 is 2.11 bits per heavy atom. The number of furan rings is 1. The van der Waals surface area contributed by atoms with Crippen molar-refractivity contribution in [3.63, 3.8) is 0 Å². The van der Waals surface area contributed by atoms with Crippen molar-refractivity contribution >= 4 is 17.6 Å². The summed E-state index contributed by atoms with van der Waals surface area (Å²) < 4.78 is 5.24. The van der Waals surface area contributed by atoms with Crippen LogP contribution < -0.4 is 5.73 Å². The molecule has 100 valence electrons. The number of nitrogens with zero attached hydrogens (tertiary/aromatic N) is 3. The van der Waals surface area contributed by atoms with Crippen LogP contribution in [-0.4, -0.2) is 21.2 Å². The number of aryl methyl sites for hydroxylation is 2. The van der Waals surface area contributed by atoms with Crippen LogP contribution in [0, 0.1) is 20.8 Å². The van der Waals surface area contributed by atoms with Crippen LogP contribution in [0.1, 0.15) is 22.6 Å². The molecule has 19 heavy (non-hydrogen) atoms. The molecule has 0 aliphatic rings. The lowest BCUT2D eigenvalue weighted by molar-refractivity contribution is 0.318. The topological polar surface area (TPSA) is 97.5 Å². The van der Waals surface area contributed by atoms with Crippen LogP contribution in [0.15, 0.2) is 31.8 Å². The quantitative estimate of drug-likeness (QED) is 0.387. The molecule has 7 heteroatoms. The fourth-order valence-electron chi connectivity index (χ4n) is 1.59. The summed E-state index contributed by atoms with van der Waals surface area (Å²) in [6, 6.07) is 1.84. The molecule has 0 unspecified atom stereocenters. The highest BCUT2D eigenvalue weighted by molar-refractivity contribution is 7.99. The van der Waals surface area contributed by atoms with Crippen LogP contribution in [0.3, 0.4) is 0 Å². The van der Waals surface area contributed by atoms with Crippen molar-refractivity contribution in [1.82, 2.24) is 10.2 Å². The maximum Gasteiger partial charge on any atom is 0.173 e. The van der Waals surface area contributed by atoms with E-state index >= 15 is 0 Å². The van der Waals surface area contributed by atoms with Gasteiger partial charge in [0.05, 0.1) is 22.4 Å². The van der Waals surface area contributed by atoms with E-state index in [0.29, 0.717) is 10.6 Å². The zero-order valence-electron chi connectivity index (χ0n) is 10.8. The van der Waals surface area contributed by atoms with Crippen LogP contribution in [-0.2, 0) is 0 Å². The number of aromatic nitrogens is 2. The Hall–Kier alpha value is -2.02. The molecule has 0 aliphatic carbocycles. The maximum atomic E-state index is 8.90. The first-order valence-corrected chi connectivity index (χ1v) is 6.40. The summed E-state index contributed by atoms with van der Waals surface area (Å²) in [7, 11) is 0. The lowest BCUT2D eigenvalue weighted by Crippen LogP contribution is -2.18. The van der Waals surface area contributed by atoms with Gasteiger partial charge in [0, 0.05) is 0 Å². The van der Waals surface area contributed by atoms with Crippen molar-refractivity contribution in [3.05, 3.63) is 34.9 Å². The van der Waals surface area contributed by atoms with Crippen LogP contribution in [0.5, 0.6) is 0 Å². The zero-order valence-corrected chi connectivity index (χ0v) is 11.7. The average molecular weight is 278 g/mol. The molecule has 2 rings (SSSR count). The molecule has 2 heterocycles. The predicted molar refractivity (Wildman–Crippen MR) is 71.6 cm³/mol. The van der Waals surface area contributed by atoms with Crippen LogP contribution in [0.4, 0.5) is 0 Å². The molecule has 0 amide bonds. The molecule has 2 aromatic rings. The Kier molecular flexibility index (Phi) is 3.75. The number of oxime groups is 1.